The average Bonchev–Trinajstić information content (AvgIpc) is 3.07. The molecule has 2 saturated heterocycles. The molecule has 184 valence electrons. The van der Waals surface area contributed by atoms with E-state index in [1.807, 2.05) is 28.8 Å². The third-order valence-corrected chi connectivity index (χ3v) is 8.13. The lowest BCUT2D eigenvalue weighted by Crippen LogP contribution is -2.50. The van der Waals surface area contributed by atoms with Gasteiger partial charge >= 0.3 is 5.97 Å². The number of aromatic nitrogens is 2. The number of nitrogens with one attached hydrogen (secondary N) is 1. The minimum Gasteiger partial charge on any atom is -0.465 e. The van der Waals surface area contributed by atoms with E-state index in [1.54, 1.807) is 6.92 Å². The van der Waals surface area contributed by atoms with E-state index < -0.39 is 0 Å². The number of carbonyl (C=O) groups is 1. The Balaban J connectivity index is 1.41. The molecule has 1 N–H and O–H groups in total. The van der Waals surface area contributed by atoms with E-state index in [9.17, 15) is 9.59 Å². The predicted octanol–water partition coefficient (Wildman–Crippen LogP) is 4.65. The standard InChI is InChI=1S/C27H38N4O3/c1-2-34-25(32)18-28-26-27(33)31(24-13-9-8-12-23(24)29-26)22-16-20-14-15-21(17-22)30(20)19-10-6-4-3-5-7-11-19/h8-9,12-13,19-22H,2-7,10-11,14-18H2,1H3,(H,28,29)/t20-,21+,22?. The Morgan fingerprint density at radius 1 is 0.971 bits per heavy atom. The summed E-state index contributed by atoms with van der Waals surface area (Å²) >= 11 is 0. The van der Waals surface area contributed by atoms with Crippen molar-refractivity contribution in [3.63, 3.8) is 0 Å². The molecule has 2 aliphatic heterocycles. The van der Waals surface area contributed by atoms with Gasteiger partial charge in [0, 0.05) is 24.2 Å². The number of anilines is 1. The van der Waals surface area contributed by atoms with Crippen molar-refractivity contribution < 1.29 is 9.53 Å². The number of carbonyl (C=O) groups excluding carboxylic acids is 1. The first-order valence-corrected chi connectivity index (χ1v) is 13.3. The van der Waals surface area contributed by atoms with Crippen LogP contribution in [0.4, 0.5) is 5.82 Å². The molecule has 1 aromatic heterocycles. The summed E-state index contributed by atoms with van der Waals surface area (Å²) in [6.45, 7) is 2.04. The van der Waals surface area contributed by atoms with Crippen LogP contribution >= 0.6 is 0 Å². The topological polar surface area (TPSA) is 76.5 Å². The summed E-state index contributed by atoms with van der Waals surface area (Å²) in [6, 6.07) is 9.86. The Labute approximate surface area is 201 Å². The van der Waals surface area contributed by atoms with Gasteiger partial charge in [-0.05, 0) is 57.6 Å². The molecule has 0 spiro atoms. The summed E-state index contributed by atoms with van der Waals surface area (Å²) in [4.78, 5) is 32.9. The molecular weight excluding hydrogens is 428 g/mol. The number of para-hydroxylation sites is 2. The van der Waals surface area contributed by atoms with Gasteiger partial charge in [-0.3, -0.25) is 14.5 Å². The molecule has 5 rings (SSSR count). The zero-order chi connectivity index (χ0) is 23.5. The molecule has 1 unspecified atom stereocenters. The summed E-state index contributed by atoms with van der Waals surface area (Å²) < 4.78 is 6.99. The van der Waals surface area contributed by atoms with Crippen molar-refractivity contribution in [3.8, 4) is 0 Å². The average molecular weight is 467 g/mol. The predicted molar refractivity (Wildman–Crippen MR) is 134 cm³/mol. The summed E-state index contributed by atoms with van der Waals surface area (Å²) in [5, 5.41) is 2.95. The van der Waals surface area contributed by atoms with Crippen LogP contribution in [-0.4, -0.2) is 51.7 Å². The van der Waals surface area contributed by atoms with Gasteiger partial charge in [-0.25, -0.2) is 4.98 Å². The lowest BCUT2D eigenvalue weighted by molar-refractivity contribution is -0.140. The first-order valence-electron chi connectivity index (χ1n) is 13.3. The number of nitrogens with zero attached hydrogens (tertiary/aromatic N) is 3. The zero-order valence-electron chi connectivity index (χ0n) is 20.4. The van der Waals surface area contributed by atoms with Crippen LogP contribution < -0.4 is 10.9 Å². The molecule has 3 atom stereocenters. The molecule has 2 aromatic rings. The highest BCUT2D eigenvalue weighted by Gasteiger charge is 2.44. The summed E-state index contributed by atoms with van der Waals surface area (Å²) in [6.07, 6.45) is 14.0. The number of ether oxygens (including phenoxy) is 1. The number of benzene rings is 1. The molecule has 7 heteroatoms. The van der Waals surface area contributed by atoms with E-state index >= 15 is 0 Å². The van der Waals surface area contributed by atoms with E-state index in [1.165, 1.54) is 57.8 Å². The van der Waals surface area contributed by atoms with Gasteiger partial charge < -0.3 is 14.6 Å². The fourth-order valence-corrected chi connectivity index (χ4v) is 6.72. The summed E-state index contributed by atoms with van der Waals surface area (Å²) in [5.74, 6) is -0.143. The molecule has 34 heavy (non-hydrogen) atoms. The SMILES string of the molecule is CCOC(=O)CNc1nc2ccccc2n(C2C[C@H]3CC[C@@H](C2)N3C2CCCCCCC2)c1=O. The van der Waals surface area contributed by atoms with Crippen molar-refractivity contribution >= 4 is 22.8 Å². The van der Waals surface area contributed by atoms with Gasteiger partial charge in [-0.15, -0.1) is 0 Å². The van der Waals surface area contributed by atoms with Crippen molar-refractivity contribution in [1.29, 1.82) is 0 Å². The van der Waals surface area contributed by atoms with Crippen molar-refractivity contribution in [3.05, 3.63) is 34.6 Å². The largest absolute Gasteiger partial charge is 0.465 e. The molecule has 3 aliphatic rings. The highest BCUT2D eigenvalue weighted by Crippen LogP contribution is 2.44. The van der Waals surface area contributed by atoms with Gasteiger partial charge in [0.15, 0.2) is 5.82 Å². The molecule has 1 aromatic carbocycles. The van der Waals surface area contributed by atoms with Gasteiger partial charge in [-0.2, -0.15) is 0 Å². The fraction of sp³-hybridized carbons (Fsp3) is 0.667. The number of esters is 1. The highest BCUT2D eigenvalue weighted by atomic mass is 16.5. The maximum Gasteiger partial charge on any atom is 0.325 e. The minimum absolute atomic E-state index is 0.0558. The van der Waals surface area contributed by atoms with E-state index in [2.05, 4.69) is 15.2 Å². The zero-order valence-corrected chi connectivity index (χ0v) is 20.4. The summed E-state index contributed by atoms with van der Waals surface area (Å²) in [5.41, 5.74) is 1.54. The van der Waals surface area contributed by atoms with E-state index in [0.29, 0.717) is 24.7 Å². The van der Waals surface area contributed by atoms with E-state index in [4.69, 9.17) is 4.74 Å². The van der Waals surface area contributed by atoms with Crippen LogP contribution in [0.25, 0.3) is 11.0 Å². The first-order chi connectivity index (χ1) is 16.7. The number of hydrogen-bond donors (Lipinski definition) is 1. The van der Waals surface area contributed by atoms with Crippen LogP contribution in [0.5, 0.6) is 0 Å². The monoisotopic (exact) mass is 466 g/mol. The van der Waals surface area contributed by atoms with Gasteiger partial charge in [0.05, 0.1) is 17.6 Å². The van der Waals surface area contributed by atoms with Crippen LogP contribution in [0, 0.1) is 0 Å². The van der Waals surface area contributed by atoms with Crippen molar-refractivity contribution in [1.82, 2.24) is 14.5 Å². The molecule has 0 radical (unpaired) electrons. The third kappa shape index (κ3) is 4.72. The highest BCUT2D eigenvalue weighted by molar-refractivity contribution is 5.78. The Morgan fingerprint density at radius 2 is 1.65 bits per heavy atom. The third-order valence-electron chi connectivity index (χ3n) is 8.13. The number of hydrogen-bond acceptors (Lipinski definition) is 6. The second-order valence-electron chi connectivity index (χ2n) is 10.2. The van der Waals surface area contributed by atoms with Crippen LogP contribution in [-0.2, 0) is 9.53 Å². The van der Waals surface area contributed by atoms with Gasteiger partial charge in [-0.1, -0.05) is 44.2 Å². The van der Waals surface area contributed by atoms with Gasteiger partial charge in [0.25, 0.3) is 5.56 Å². The molecule has 0 amide bonds. The second-order valence-corrected chi connectivity index (χ2v) is 10.2. The maximum absolute atomic E-state index is 13.6. The molecule has 2 bridgehead atoms. The number of rotatable bonds is 6. The second kappa shape index (κ2) is 10.5. The molecule has 7 nitrogen and oxygen atoms in total. The van der Waals surface area contributed by atoms with Crippen LogP contribution in [0.3, 0.4) is 0 Å². The van der Waals surface area contributed by atoms with Crippen molar-refractivity contribution in [2.24, 2.45) is 0 Å². The normalized spacial score (nSPS) is 26.2. The van der Waals surface area contributed by atoms with Gasteiger partial charge in [0.2, 0.25) is 0 Å². The quantitative estimate of drug-likeness (QED) is 0.625. The first kappa shape index (κ1) is 23.3. The van der Waals surface area contributed by atoms with E-state index in [-0.39, 0.29) is 29.9 Å². The molecule has 1 saturated carbocycles. The number of piperidine rings is 1. The van der Waals surface area contributed by atoms with Crippen molar-refractivity contribution in [2.45, 2.75) is 102 Å². The maximum atomic E-state index is 13.6. The Morgan fingerprint density at radius 3 is 2.35 bits per heavy atom. The summed E-state index contributed by atoms with van der Waals surface area (Å²) in [7, 11) is 0. The van der Waals surface area contributed by atoms with Crippen LogP contribution in [0.2, 0.25) is 0 Å². The molecule has 3 fully saturated rings. The lowest BCUT2D eigenvalue weighted by atomic mass is 9.89. The van der Waals surface area contributed by atoms with Crippen molar-refractivity contribution in [2.75, 3.05) is 18.5 Å². The Hall–Kier alpha value is -2.41. The van der Waals surface area contributed by atoms with Crippen LogP contribution in [0.1, 0.15) is 83.6 Å². The van der Waals surface area contributed by atoms with Gasteiger partial charge in [0.1, 0.15) is 6.54 Å². The lowest BCUT2D eigenvalue weighted by Gasteiger charge is -2.45. The smallest absolute Gasteiger partial charge is 0.325 e. The van der Waals surface area contributed by atoms with Crippen LogP contribution in [0.15, 0.2) is 29.1 Å². The minimum atomic E-state index is -0.381. The molecular formula is C27H38N4O3. The molecule has 3 heterocycles. The number of fused-ring (bicyclic) bond motifs is 3. The fourth-order valence-electron chi connectivity index (χ4n) is 6.72. The van der Waals surface area contributed by atoms with E-state index in [0.717, 1.165) is 23.9 Å². The Bertz CT molecular complexity index is 1050. The molecule has 1 aliphatic carbocycles. The Kier molecular flexibility index (Phi) is 7.18.